The van der Waals surface area contributed by atoms with Gasteiger partial charge in [0.05, 0.1) is 19.3 Å². The number of fused-ring (bicyclic) bond motifs is 1. The van der Waals surface area contributed by atoms with Crippen molar-refractivity contribution in [3.05, 3.63) is 12.2 Å². The van der Waals surface area contributed by atoms with E-state index in [0.717, 1.165) is 5.57 Å². The van der Waals surface area contributed by atoms with Gasteiger partial charge < -0.3 is 4.74 Å². The standard InChI is InChI=1S/C9H14O3/c1-6(5-11-10-2)7-3-4-8-9(7)12-8/h7-9H,1,3-5H2,2H3. The molecule has 1 saturated carbocycles. The van der Waals surface area contributed by atoms with Crippen molar-refractivity contribution in [2.75, 3.05) is 13.7 Å². The molecule has 0 radical (unpaired) electrons. The van der Waals surface area contributed by atoms with Gasteiger partial charge in [0.2, 0.25) is 0 Å². The predicted octanol–water partition coefficient (Wildman–Crippen LogP) is 1.30. The molecular formula is C9H14O3. The third-order valence-corrected chi connectivity index (χ3v) is 2.67. The Morgan fingerprint density at radius 2 is 2.42 bits per heavy atom. The van der Waals surface area contributed by atoms with Gasteiger partial charge >= 0.3 is 0 Å². The largest absolute Gasteiger partial charge is 0.369 e. The van der Waals surface area contributed by atoms with E-state index in [0.29, 0.717) is 24.7 Å². The lowest BCUT2D eigenvalue weighted by atomic mass is 9.99. The Labute approximate surface area is 72.2 Å². The zero-order valence-electron chi connectivity index (χ0n) is 7.29. The van der Waals surface area contributed by atoms with Crippen LogP contribution in [0.5, 0.6) is 0 Å². The predicted molar refractivity (Wildman–Crippen MR) is 43.5 cm³/mol. The summed E-state index contributed by atoms with van der Waals surface area (Å²) in [4.78, 5) is 9.34. The molecule has 2 aliphatic rings. The van der Waals surface area contributed by atoms with E-state index in [4.69, 9.17) is 9.62 Å². The number of hydrogen-bond acceptors (Lipinski definition) is 3. The molecule has 0 aromatic heterocycles. The fraction of sp³-hybridized carbons (Fsp3) is 0.778. The summed E-state index contributed by atoms with van der Waals surface area (Å²) in [6.07, 6.45) is 3.34. The van der Waals surface area contributed by atoms with Crippen molar-refractivity contribution in [2.24, 2.45) is 5.92 Å². The van der Waals surface area contributed by atoms with Crippen molar-refractivity contribution in [3.8, 4) is 0 Å². The molecule has 0 amide bonds. The Morgan fingerprint density at radius 3 is 2.92 bits per heavy atom. The minimum atomic E-state index is 0.443. The van der Waals surface area contributed by atoms with Gasteiger partial charge in [0.15, 0.2) is 0 Å². The summed E-state index contributed by atoms with van der Waals surface area (Å²) in [5.74, 6) is 0.505. The minimum absolute atomic E-state index is 0.443. The lowest BCUT2D eigenvalue weighted by molar-refractivity contribution is -0.266. The molecule has 1 heterocycles. The van der Waals surface area contributed by atoms with Crippen molar-refractivity contribution in [1.82, 2.24) is 0 Å². The first-order chi connectivity index (χ1) is 5.83. The molecule has 0 bridgehead atoms. The molecule has 3 unspecified atom stereocenters. The van der Waals surface area contributed by atoms with Gasteiger partial charge in [-0.15, -0.1) is 0 Å². The maximum absolute atomic E-state index is 5.41. The summed E-state index contributed by atoms with van der Waals surface area (Å²) in [5.41, 5.74) is 1.10. The monoisotopic (exact) mass is 170 g/mol. The van der Waals surface area contributed by atoms with Crippen LogP contribution in [0.25, 0.3) is 0 Å². The maximum atomic E-state index is 5.41. The van der Waals surface area contributed by atoms with Crippen molar-refractivity contribution >= 4 is 0 Å². The lowest BCUT2D eigenvalue weighted by Crippen LogP contribution is -2.11. The van der Waals surface area contributed by atoms with Gasteiger partial charge in [0.1, 0.15) is 6.61 Å². The highest BCUT2D eigenvalue weighted by Gasteiger charge is 2.50. The van der Waals surface area contributed by atoms with Crippen molar-refractivity contribution in [1.29, 1.82) is 0 Å². The van der Waals surface area contributed by atoms with Gasteiger partial charge in [0.25, 0.3) is 0 Å². The molecular weight excluding hydrogens is 156 g/mol. The van der Waals surface area contributed by atoms with E-state index < -0.39 is 0 Å². The first-order valence-electron chi connectivity index (χ1n) is 4.31. The van der Waals surface area contributed by atoms with Crippen LogP contribution in [0.4, 0.5) is 0 Å². The Balaban J connectivity index is 1.79. The summed E-state index contributed by atoms with van der Waals surface area (Å²) in [5, 5.41) is 0. The molecule has 2 fully saturated rings. The van der Waals surface area contributed by atoms with E-state index in [1.807, 2.05) is 0 Å². The van der Waals surface area contributed by atoms with Gasteiger partial charge in [0, 0.05) is 5.92 Å². The molecule has 3 atom stereocenters. The second-order valence-corrected chi connectivity index (χ2v) is 3.41. The van der Waals surface area contributed by atoms with Crippen molar-refractivity contribution < 1.29 is 14.5 Å². The molecule has 12 heavy (non-hydrogen) atoms. The summed E-state index contributed by atoms with van der Waals surface area (Å²) in [7, 11) is 1.51. The first kappa shape index (κ1) is 8.23. The van der Waals surface area contributed by atoms with E-state index in [9.17, 15) is 0 Å². The molecule has 1 saturated heterocycles. The number of rotatable bonds is 4. The third-order valence-electron chi connectivity index (χ3n) is 2.67. The molecule has 2 rings (SSSR count). The summed E-state index contributed by atoms with van der Waals surface area (Å²) in [6.45, 7) is 4.46. The molecule has 0 aromatic carbocycles. The minimum Gasteiger partial charge on any atom is -0.369 e. The first-order valence-corrected chi connectivity index (χ1v) is 4.31. The van der Waals surface area contributed by atoms with Crippen LogP contribution < -0.4 is 0 Å². The molecule has 68 valence electrons. The van der Waals surface area contributed by atoms with Gasteiger partial charge in [-0.3, -0.25) is 0 Å². The summed E-state index contributed by atoms with van der Waals surface area (Å²) in [6, 6.07) is 0. The summed E-state index contributed by atoms with van der Waals surface area (Å²) < 4.78 is 5.41. The van der Waals surface area contributed by atoms with Crippen LogP contribution in [0.2, 0.25) is 0 Å². The normalized spacial score (nSPS) is 37.9. The molecule has 0 aromatic rings. The van der Waals surface area contributed by atoms with Crippen molar-refractivity contribution in [3.63, 3.8) is 0 Å². The van der Waals surface area contributed by atoms with Crippen LogP contribution in [0.15, 0.2) is 12.2 Å². The van der Waals surface area contributed by atoms with Crippen LogP contribution in [0.1, 0.15) is 12.8 Å². The van der Waals surface area contributed by atoms with Crippen LogP contribution in [0.3, 0.4) is 0 Å². The fourth-order valence-electron chi connectivity index (χ4n) is 1.93. The van der Waals surface area contributed by atoms with E-state index in [-0.39, 0.29) is 0 Å². The van der Waals surface area contributed by atoms with E-state index in [2.05, 4.69) is 11.5 Å². The van der Waals surface area contributed by atoms with E-state index in [1.54, 1.807) is 0 Å². The maximum Gasteiger partial charge on any atom is 0.103 e. The SMILES string of the molecule is C=C(COOC)C1CCC2OC21. The lowest BCUT2D eigenvalue weighted by Gasteiger charge is -2.12. The Morgan fingerprint density at radius 1 is 1.58 bits per heavy atom. The van der Waals surface area contributed by atoms with Crippen LogP contribution in [-0.4, -0.2) is 25.9 Å². The second kappa shape index (κ2) is 3.17. The number of ether oxygens (including phenoxy) is 1. The quantitative estimate of drug-likeness (QED) is 0.276. The summed E-state index contributed by atoms with van der Waals surface area (Å²) >= 11 is 0. The molecule has 1 aliphatic carbocycles. The molecule has 3 nitrogen and oxygen atoms in total. The van der Waals surface area contributed by atoms with E-state index >= 15 is 0 Å². The topological polar surface area (TPSA) is 31.0 Å². The van der Waals surface area contributed by atoms with Crippen LogP contribution >= 0.6 is 0 Å². The Kier molecular flexibility index (Phi) is 2.17. The number of hydrogen-bond donors (Lipinski definition) is 0. The third kappa shape index (κ3) is 1.40. The Hall–Kier alpha value is -0.380. The smallest absolute Gasteiger partial charge is 0.103 e. The zero-order chi connectivity index (χ0) is 8.55. The molecule has 0 N–H and O–H groups in total. The average Bonchev–Trinajstić information content (AvgIpc) is 2.74. The van der Waals surface area contributed by atoms with Gasteiger partial charge in [-0.2, -0.15) is 0 Å². The molecule has 1 aliphatic heterocycles. The molecule has 3 heteroatoms. The Bertz CT molecular complexity index is 190. The average molecular weight is 170 g/mol. The highest BCUT2D eigenvalue weighted by atomic mass is 17.2. The fourth-order valence-corrected chi connectivity index (χ4v) is 1.93. The van der Waals surface area contributed by atoms with Gasteiger partial charge in [-0.05, 0) is 18.4 Å². The van der Waals surface area contributed by atoms with Crippen LogP contribution in [0, 0.1) is 5.92 Å². The van der Waals surface area contributed by atoms with Gasteiger partial charge in [-0.1, -0.05) is 6.58 Å². The second-order valence-electron chi connectivity index (χ2n) is 3.41. The van der Waals surface area contributed by atoms with E-state index in [1.165, 1.54) is 20.0 Å². The van der Waals surface area contributed by atoms with Gasteiger partial charge in [-0.25, -0.2) is 9.78 Å². The highest BCUT2D eigenvalue weighted by molar-refractivity contribution is 5.13. The zero-order valence-corrected chi connectivity index (χ0v) is 7.29. The van der Waals surface area contributed by atoms with Crippen LogP contribution in [-0.2, 0) is 14.5 Å². The van der Waals surface area contributed by atoms with Crippen molar-refractivity contribution in [2.45, 2.75) is 25.0 Å². The highest BCUT2D eigenvalue weighted by Crippen LogP contribution is 2.45. The molecule has 0 spiro atoms. The number of epoxide rings is 1.